The fourth-order valence-corrected chi connectivity index (χ4v) is 7.61. The van der Waals surface area contributed by atoms with Crippen molar-refractivity contribution in [3.63, 3.8) is 0 Å². The third-order valence-corrected chi connectivity index (χ3v) is 11.2. The molecule has 0 aliphatic heterocycles. The lowest BCUT2D eigenvalue weighted by Gasteiger charge is -2.41. The van der Waals surface area contributed by atoms with Crippen molar-refractivity contribution in [3.8, 4) is 0 Å². The van der Waals surface area contributed by atoms with Gasteiger partial charge < -0.3 is 39.9 Å². The van der Waals surface area contributed by atoms with Gasteiger partial charge in [-0.05, 0) is 51.4 Å². The van der Waals surface area contributed by atoms with Gasteiger partial charge in [0.05, 0.1) is 13.2 Å². The standard InChI is InChI=1S/C45H81O12P/c1-3-5-7-9-11-13-14-15-16-17-18-19-20-21-22-23-24-25-27-29-31-33-35-54-36-38(56-39(46)34-32-30-28-26-12-10-8-6-4-2)37-55-58(52,53)57-45-43(50)41(48)40(47)42(49)44(45)51/h5,7,11,13,15-16,18-19,38,40-45,47-51H,3-4,6,8-10,12,14,17,20-37H2,1-2H3,(H,52,53)/b7-5-,13-11-,16-15-,19-18-. The van der Waals surface area contributed by atoms with Crippen molar-refractivity contribution in [1.82, 2.24) is 0 Å². The molecule has 338 valence electrons. The third kappa shape index (κ3) is 27.9. The van der Waals surface area contributed by atoms with E-state index in [0.29, 0.717) is 13.0 Å². The molecule has 0 aromatic carbocycles. The summed E-state index contributed by atoms with van der Waals surface area (Å²) in [6.45, 7) is 4.09. The lowest BCUT2D eigenvalue weighted by Crippen LogP contribution is -2.64. The number of ether oxygens (including phenoxy) is 2. The lowest BCUT2D eigenvalue weighted by molar-refractivity contribution is -0.220. The van der Waals surface area contributed by atoms with E-state index < -0.39 is 63.1 Å². The number of esters is 1. The van der Waals surface area contributed by atoms with Crippen molar-refractivity contribution in [2.75, 3.05) is 19.8 Å². The highest BCUT2D eigenvalue weighted by Crippen LogP contribution is 2.47. The number of phosphoric ester groups is 1. The van der Waals surface area contributed by atoms with Gasteiger partial charge in [0.15, 0.2) is 0 Å². The third-order valence-electron chi connectivity index (χ3n) is 10.2. The minimum atomic E-state index is -5.01. The molecule has 1 aliphatic rings. The molecule has 0 saturated heterocycles. The molecule has 0 heterocycles. The summed E-state index contributed by atoms with van der Waals surface area (Å²) in [6, 6.07) is 0. The van der Waals surface area contributed by atoms with Crippen molar-refractivity contribution in [1.29, 1.82) is 0 Å². The number of rotatable bonds is 37. The van der Waals surface area contributed by atoms with Crippen LogP contribution in [0.4, 0.5) is 0 Å². The first-order chi connectivity index (χ1) is 28.0. The van der Waals surface area contributed by atoms with Crippen molar-refractivity contribution < 1.29 is 58.3 Å². The van der Waals surface area contributed by atoms with Gasteiger partial charge in [-0.15, -0.1) is 0 Å². The van der Waals surface area contributed by atoms with Crippen LogP contribution >= 0.6 is 7.82 Å². The summed E-state index contributed by atoms with van der Waals surface area (Å²) in [4.78, 5) is 23.0. The Morgan fingerprint density at radius 2 is 1.02 bits per heavy atom. The van der Waals surface area contributed by atoms with Crippen LogP contribution in [0.15, 0.2) is 48.6 Å². The van der Waals surface area contributed by atoms with Gasteiger partial charge in [-0.25, -0.2) is 4.57 Å². The number of unbranched alkanes of at least 4 members (excludes halogenated alkanes) is 17. The van der Waals surface area contributed by atoms with Crippen LogP contribution in [-0.4, -0.2) is 98.9 Å². The summed E-state index contributed by atoms with van der Waals surface area (Å²) in [6.07, 6.45) is 30.5. The molecule has 6 unspecified atom stereocenters. The monoisotopic (exact) mass is 845 g/mol. The molecule has 58 heavy (non-hydrogen) atoms. The molecule has 13 heteroatoms. The number of allylic oxidation sites excluding steroid dienone is 8. The molecule has 1 fully saturated rings. The maximum absolute atomic E-state index is 12.8. The van der Waals surface area contributed by atoms with Crippen molar-refractivity contribution >= 4 is 13.8 Å². The molecular weight excluding hydrogens is 763 g/mol. The Morgan fingerprint density at radius 3 is 1.55 bits per heavy atom. The first-order valence-electron chi connectivity index (χ1n) is 22.5. The van der Waals surface area contributed by atoms with E-state index in [1.165, 1.54) is 64.2 Å². The van der Waals surface area contributed by atoms with E-state index in [-0.39, 0.29) is 13.0 Å². The average Bonchev–Trinajstić information content (AvgIpc) is 3.21. The summed E-state index contributed by atoms with van der Waals surface area (Å²) in [5, 5.41) is 50.1. The van der Waals surface area contributed by atoms with Gasteiger partial charge in [-0.1, -0.05) is 159 Å². The Bertz CT molecular complexity index is 1140. The molecule has 1 aliphatic carbocycles. The zero-order valence-electron chi connectivity index (χ0n) is 35.8. The topological polar surface area (TPSA) is 192 Å². The summed E-state index contributed by atoms with van der Waals surface area (Å²) in [5.41, 5.74) is 0. The van der Waals surface area contributed by atoms with Crippen molar-refractivity contribution in [2.24, 2.45) is 0 Å². The molecule has 1 saturated carbocycles. The predicted octanol–water partition coefficient (Wildman–Crippen LogP) is 8.86. The highest BCUT2D eigenvalue weighted by Gasteiger charge is 2.51. The maximum atomic E-state index is 12.8. The van der Waals surface area contributed by atoms with Crippen LogP contribution in [0.1, 0.15) is 168 Å². The fourth-order valence-electron chi connectivity index (χ4n) is 6.64. The molecule has 6 atom stereocenters. The van der Waals surface area contributed by atoms with Crippen LogP contribution in [-0.2, 0) is 27.9 Å². The fraction of sp³-hybridized carbons (Fsp3) is 0.800. The van der Waals surface area contributed by atoms with Gasteiger partial charge in [0, 0.05) is 13.0 Å². The van der Waals surface area contributed by atoms with Gasteiger partial charge in [-0.3, -0.25) is 13.8 Å². The molecule has 6 N–H and O–H groups in total. The highest BCUT2D eigenvalue weighted by atomic mass is 31.2. The van der Waals surface area contributed by atoms with Crippen LogP contribution in [0.5, 0.6) is 0 Å². The van der Waals surface area contributed by atoms with Crippen LogP contribution in [0.25, 0.3) is 0 Å². The van der Waals surface area contributed by atoms with Crippen molar-refractivity contribution in [3.05, 3.63) is 48.6 Å². The molecule has 0 bridgehead atoms. The Labute approximate surface area is 350 Å². The predicted molar refractivity (Wildman–Crippen MR) is 230 cm³/mol. The lowest BCUT2D eigenvalue weighted by atomic mass is 9.85. The number of phosphoric acid groups is 1. The number of carbonyl (C=O) groups excluding carboxylic acids is 1. The zero-order chi connectivity index (χ0) is 42.7. The molecule has 0 aromatic heterocycles. The van der Waals surface area contributed by atoms with Gasteiger partial charge in [0.2, 0.25) is 0 Å². The summed E-state index contributed by atoms with van der Waals surface area (Å²) >= 11 is 0. The average molecular weight is 845 g/mol. The molecular formula is C45H81O12P. The second-order valence-corrected chi connectivity index (χ2v) is 16.9. The minimum absolute atomic E-state index is 0.0806. The van der Waals surface area contributed by atoms with E-state index in [1.54, 1.807) is 0 Å². The molecule has 0 spiro atoms. The van der Waals surface area contributed by atoms with E-state index in [0.717, 1.165) is 77.0 Å². The summed E-state index contributed by atoms with van der Waals surface area (Å²) in [7, 11) is -5.01. The number of hydrogen-bond acceptors (Lipinski definition) is 11. The summed E-state index contributed by atoms with van der Waals surface area (Å²) < 4.78 is 34.1. The Hall–Kier alpha value is -1.70. The van der Waals surface area contributed by atoms with E-state index >= 15 is 0 Å². The molecule has 0 aromatic rings. The normalized spacial score (nSPS) is 23.1. The van der Waals surface area contributed by atoms with Crippen molar-refractivity contribution in [2.45, 2.75) is 211 Å². The van der Waals surface area contributed by atoms with Crippen LogP contribution in [0.2, 0.25) is 0 Å². The van der Waals surface area contributed by atoms with Crippen LogP contribution in [0, 0.1) is 0 Å². The minimum Gasteiger partial charge on any atom is -0.457 e. The first-order valence-corrected chi connectivity index (χ1v) is 24.0. The number of carbonyl (C=O) groups is 1. The Balaban J connectivity index is 2.33. The largest absolute Gasteiger partial charge is 0.472 e. The van der Waals surface area contributed by atoms with E-state index in [4.69, 9.17) is 18.5 Å². The van der Waals surface area contributed by atoms with Gasteiger partial charge >= 0.3 is 13.8 Å². The quantitative estimate of drug-likeness (QED) is 0.0151. The molecule has 1 rings (SSSR count). The zero-order valence-corrected chi connectivity index (χ0v) is 36.7. The van der Waals surface area contributed by atoms with E-state index in [9.17, 15) is 39.8 Å². The number of aliphatic hydroxyl groups excluding tert-OH is 5. The maximum Gasteiger partial charge on any atom is 0.472 e. The van der Waals surface area contributed by atoms with Crippen LogP contribution < -0.4 is 0 Å². The molecule has 0 radical (unpaired) electrons. The SMILES string of the molecule is CC/C=C\C/C=C\C/C=C\C/C=C\CCCCCCCCCCCOCC(COP(=O)(O)OC1C(O)C(O)C(O)C(O)C1O)OC(=O)CCCCCCCCCCC. The second kappa shape index (κ2) is 36.0. The van der Waals surface area contributed by atoms with Gasteiger partial charge in [0.1, 0.15) is 42.7 Å². The molecule has 12 nitrogen and oxygen atoms in total. The molecule has 0 amide bonds. The second-order valence-electron chi connectivity index (χ2n) is 15.5. The highest BCUT2D eigenvalue weighted by molar-refractivity contribution is 7.47. The van der Waals surface area contributed by atoms with Crippen LogP contribution in [0.3, 0.4) is 0 Å². The van der Waals surface area contributed by atoms with Gasteiger partial charge in [0.25, 0.3) is 0 Å². The number of hydrogen-bond donors (Lipinski definition) is 6. The first kappa shape index (κ1) is 54.3. The smallest absolute Gasteiger partial charge is 0.457 e. The Morgan fingerprint density at radius 1 is 0.569 bits per heavy atom. The number of aliphatic hydroxyl groups is 5. The summed E-state index contributed by atoms with van der Waals surface area (Å²) in [5.74, 6) is -0.484. The van der Waals surface area contributed by atoms with Gasteiger partial charge in [-0.2, -0.15) is 0 Å². The Kier molecular flexibility index (Phi) is 33.7. The van der Waals surface area contributed by atoms with E-state index in [2.05, 4.69) is 62.5 Å². The van der Waals surface area contributed by atoms with E-state index in [1.807, 2.05) is 0 Å².